The van der Waals surface area contributed by atoms with Crippen LogP contribution >= 0.6 is 15.9 Å². The monoisotopic (exact) mass is 405 g/mol. The molecule has 3 rings (SSSR count). The van der Waals surface area contributed by atoms with Crippen molar-refractivity contribution in [2.24, 2.45) is 0 Å². The molecule has 1 aromatic carbocycles. The number of carbonyl (C=O) groups is 1. The molecule has 1 saturated heterocycles. The molecule has 1 amide bonds. The maximum absolute atomic E-state index is 12.7. The van der Waals surface area contributed by atoms with E-state index in [-0.39, 0.29) is 11.4 Å². The average molecular weight is 406 g/mol. The average Bonchev–Trinajstić information content (AvgIpc) is 2.91. The van der Waals surface area contributed by atoms with E-state index < -0.39 is 0 Å². The van der Waals surface area contributed by atoms with Crippen LogP contribution in [0.4, 0.5) is 0 Å². The highest BCUT2D eigenvalue weighted by atomic mass is 79.9. The predicted molar refractivity (Wildman–Crippen MR) is 100 cm³/mol. The maximum Gasteiger partial charge on any atom is 0.222 e. The van der Waals surface area contributed by atoms with Crippen LogP contribution in [0.5, 0.6) is 0 Å². The molecule has 2 aromatic rings. The molecule has 25 heavy (non-hydrogen) atoms. The number of hydrogen-bond acceptors (Lipinski definition) is 3. The third-order valence-corrected chi connectivity index (χ3v) is 5.25. The molecule has 1 aliphatic heterocycles. The number of aromatic nitrogens is 2. The lowest BCUT2D eigenvalue weighted by molar-refractivity contribution is -0.124. The third-order valence-electron chi connectivity index (χ3n) is 4.76. The lowest BCUT2D eigenvalue weighted by atomic mass is 9.82. The Morgan fingerprint density at radius 3 is 2.72 bits per heavy atom. The Balaban J connectivity index is 1.72. The fourth-order valence-corrected chi connectivity index (χ4v) is 3.83. The quantitative estimate of drug-likeness (QED) is 0.828. The largest absolute Gasteiger partial charge is 0.381 e. The van der Waals surface area contributed by atoms with E-state index in [9.17, 15) is 4.79 Å². The Kier molecular flexibility index (Phi) is 5.59. The smallest absolute Gasteiger partial charge is 0.222 e. The molecule has 5 nitrogen and oxygen atoms in total. The van der Waals surface area contributed by atoms with Gasteiger partial charge in [-0.1, -0.05) is 28.1 Å². The zero-order valence-corrected chi connectivity index (χ0v) is 16.3. The van der Waals surface area contributed by atoms with Crippen molar-refractivity contribution in [1.29, 1.82) is 0 Å². The molecule has 1 fully saturated rings. The van der Waals surface area contributed by atoms with Gasteiger partial charge in [-0.3, -0.25) is 9.48 Å². The number of rotatable bonds is 5. The van der Waals surface area contributed by atoms with Crippen molar-refractivity contribution >= 4 is 21.8 Å². The highest BCUT2D eigenvalue weighted by Gasteiger charge is 2.35. The molecule has 0 spiro atoms. The van der Waals surface area contributed by atoms with Gasteiger partial charge in [-0.05, 0) is 50.5 Å². The topological polar surface area (TPSA) is 56.2 Å². The molecule has 134 valence electrons. The summed E-state index contributed by atoms with van der Waals surface area (Å²) in [5.74, 6) is 0.0504. The number of hydrogen-bond donors (Lipinski definition) is 1. The van der Waals surface area contributed by atoms with Gasteiger partial charge in [0.2, 0.25) is 5.91 Å². The second kappa shape index (κ2) is 7.70. The van der Waals surface area contributed by atoms with Gasteiger partial charge in [0.1, 0.15) is 0 Å². The first-order chi connectivity index (χ1) is 12.0. The third kappa shape index (κ3) is 4.30. The zero-order chi connectivity index (χ0) is 17.9. The maximum atomic E-state index is 12.7. The van der Waals surface area contributed by atoms with Crippen molar-refractivity contribution in [3.8, 4) is 0 Å². The van der Waals surface area contributed by atoms with Crippen LogP contribution in [-0.4, -0.2) is 28.9 Å². The van der Waals surface area contributed by atoms with Crippen LogP contribution in [0.2, 0.25) is 0 Å². The summed E-state index contributed by atoms with van der Waals surface area (Å²) in [6, 6.07) is 10.2. The minimum Gasteiger partial charge on any atom is -0.381 e. The van der Waals surface area contributed by atoms with Gasteiger partial charge in [0, 0.05) is 36.3 Å². The van der Waals surface area contributed by atoms with E-state index in [1.807, 2.05) is 36.7 Å². The van der Waals surface area contributed by atoms with E-state index in [4.69, 9.17) is 4.74 Å². The summed E-state index contributed by atoms with van der Waals surface area (Å²) < 4.78 is 8.44. The van der Waals surface area contributed by atoms with Gasteiger partial charge in [0.15, 0.2) is 0 Å². The van der Waals surface area contributed by atoms with Gasteiger partial charge in [0.25, 0.3) is 0 Å². The highest BCUT2D eigenvalue weighted by Crippen LogP contribution is 2.33. The van der Waals surface area contributed by atoms with Crippen LogP contribution in [0, 0.1) is 13.8 Å². The van der Waals surface area contributed by atoms with Crippen molar-refractivity contribution in [3.05, 3.63) is 51.8 Å². The highest BCUT2D eigenvalue weighted by molar-refractivity contribution is 9.10. The summed E-state index contributed by atoms with van der Waals surface area (Å²) in [6.07, 6.45) is 1.99. The van der Waals surface area contributed by atoms with Crippen LogP contribution in [0.1, 0.15) is 36.2 Å². The van der Waals surface area contributed by atoms with E-state index in [1.54, 1.807) is 0 Å². The standard InChI is InChI=1S/C19H24BrN3O2/c1-14-12-15(2)23(22-14)9-6-18(24)21-19(7-10-25-11-8-19)16-4-3-5-17(20)13-16/h3-5,12-13H,6-11H2,1-2H3,(H,21,24). The van der Waals surface area contributed by atoms with Gasteiger partial charge < -0.3 is 10.1 Å². The van der Waals surface area contributed by atoms with Crippen molar-refractivity contribution in [2.45, 2.75) is 45.2 Å². The molecule has 1 N–H and O–H groups in total. The first-order valence-electron chi connectivity index (χ1n) is 8.64. The molecule has 0 bridgehead atoms. The number of nitrogens with zero attached hydrogens (tertiary/aromatic N) is 2. The van der Waals surface area contributed by atoms with Crippen LogP contribution in [0.25, 0.3) is 0 Å². The molecule has 0 aliphatic carbocycles. The zero-order valence-electron chi connectivity index (χ0n) is 14.7. The molecular formula is C19H24BrN3O2. The number of aryl methyl sites for hydroxylation is 3. The van der Waals surface area contributed by atoms with Gasteiger partial charge >= 0.3 is 0 Å². The van der Waals surface area contributed by atoms with Crippen LogP contribution in [0.3, 0.4) is 0 Å². The Morgan fingerprint density at radius 2 is 2.08 bits per heavy atom. The predicted octanol–water partition coefficient (Wildman–Crippen LogP) is 3.47. The number of nitrogens with one attached hydrogen (secondary N) is 1. The molecule has 1 aliphatic rings. The normalized spacial score (nSPS) is 16.6. The minimum absolute atomic E-state index is 0.0504. The first kappa shape index (κ1) is 18.1. The molecule has 0 saturated carbocycles. The van der Waals surface area contributed by atoms with Crippen molar-refractivity contribution in [1.82, 2.24) is 15.1 Å². The van der Waals surface area contributed by atoms with E-state index in [0.29, 0.717) is 26.2 Å². The second-order valence-electron chi connectivity index (χ2n) is 6.65. The first-order valence-corrected chi connectivity index (χ1v) is 9.44. The van der Waals surface area contributed by atoms with Crippen molar-refractivity contribution in [3.63, 3.8) is 0 Å². The number of ether oxygens (including phenoxy) is 1. The number of amides is 1. The molecule has 6 heteroatoms. The summed E-state index contributed by atoms with van der Waals surface area (Å²) in [6.45, 7) is 5.89. The molecular weight excluding hydrogens is 382 g/mol. The fraction of sp³-hybridized carbons (Fsp3) is 0.474. The molecule has 2 heterocycles. The van der Waals surface area contributed by atoms with E-state index in [2.05, 4.69) is 38.5 Å². The van der Waals surface area contributed by atoms with E-state index in [0.717, 1.165) is 34.3 Å². The van der Waals surface area contributed by atoms with Crippen LogP contribution in [-0.2, 0) is 21.6 Å². The van der Waals surface area contributed by atoms with Crippen molar-refractivity contribution in [2.75, 3.05) is 13.2 Å². The van der Waals surface area contributed by atoms with Gasteiger partial charge in [-0.15, -0.1) is 0 Å². The Hall–Kier alpha value is -1.66. The van der Waals surface area contributed by atoms with Crippen LogP contribution in [0.15, 0.2) is 34.8 Å². The molecule has 1 aromatic heterocycles. The summed E-state index contributed by atoms with van der Waals surface area (Å²) in [5.41, 5.74) is 2.84. The lowest BCUT2D eigenvalue weighted by Gasteiger charge is -2.38. The summed E-state index contributed by atoms with van der Waals surface area (Å²) in [7, 11) is 0. The second-order valence-corrected chi connectivity index (χ2v) is 7.57. The summed E-state index contributed by atoms with van der Waals surface area (Å²) >= 11 is 3.54. The van der Waals surface area contributed by atoms with E-state index in [1.165, 1.54) is 0 Å². The Morgan fingerprint density at radius 1 is 1.32 bits per heavy atom. The van der Waals surface area contributed by atoms with Gasteiger partial charge in [0.05, 0.1) is 11.2 Å². The fourth-order valence-electron chi connectivity index (χ4n) is 3.43. The Bertz CT molecular complexity index is 751. The van der Waals surface area contributed by atoms with E-state index >= 15 is 0 Å². The van der Waals surface area contributed by atoms with Crippen molar-refractivity contribution < 1.29 is 9.53 Å². The summed E-state index contributed by atoms with van der Waals surface area (Å²) in [4.78, 5) is 12.7. The van der Waals surface area contributed by atoms with Crippen LogP contribution < -0.4 is 5.32 Å². The lowest BCUT2D eigenvalue weighted by Crippen LogP contribution is -2.49. The van der Waals surface area contributed by atoms with Gasteiger partial charge in [-0.2, -0.15) is 5.10 Å². The number of halogens is 1. The Labute approximate surface area is 156 Å². The minimum atomic E-state index is -0.353. The summed E-state index contributed by atoms with van der Waals surface area (Å²) in [5, 5.41) is 7.72. The SMILES string of the molecule is Cc1cc(C)n(CCC(=O)NC2(c3cccc(Br)c3)CCOCC2)n1. The molecule has 0 atom stereocenters. The van der Waals surface area contributed by atoms with Gasteiger partial charge in [-0.25, -0.2) is 0 Å². The number of benzene rings is 1. The molecule has 0 unspecified atom stereocenters. The molecule has 0 radical (unpaired) electrons. The number of carbonyl (C=O) groups excluding carboxylic acids is 1.